The molecule has 0 aliphatic heterocycles. The van der Waals surface area contributed by atoms with Crippen LogP contribution in [0.3, 0.4) is 0 Å². The predicted molar refractivity (Wildman–Crippen MR) is 132 cm³/mol. The third kappa shape index (κ3) is 6.79. The largest absolute Gasteiger partial charge is 0.342 e. The normalized spacial score (nSPS) is 11.7. The Morgan fingerprint density at radius 3 is 2.36 bits per heavy atom. The van der Waals surface area contributed by atoms with Crippen LogP contribution < -0.4 is 10.6 Å². The van der Waals surface area contributed by atoms with Crippen molar-refractivity contribution in [2.45, 2.75) is 38.0 Å². The number of anilines is 1. The number of amides is 2. The number of thioether (sulfide) groups is 1. The van der Waals surface area contributed by atoms with Crippen molar-refractivity contribution in [3.05, 3.63) is 84.7 Å². The third-order valence-electron chi connectivity index (χ3n) is 4.94. The molecular formula is C25H29N5O2S. The van der Waals surface area contributed by atoms with E-state index in [0.717, 1.165) is 5.69 Å². The highest BCUT2D eigenvalue weighted by Gasteiger charge is 2.26. The highest BCUT2D eigenvalue weighted by molar-refractivity contribution is 7.99. The molecule has 1 aromatic heterocycles. The Hall–Kier alpha value is -3.39. The second-order valence-electron chi connectivity index (χ2n) is 7.81. The molecule has 2 amide bonds. The molecule has 0 saturated carbocycles. The molecule has 0 radical (unpaired) electrons. The first-order valence-corrected chi connectivity index (χ1v) is 11.9. The van der Waals surface area contributed by atoms with Crippen molar-refractivity contribution in [3.8, 4) is 0 Å². The van der Waals surface area contributed by atoms with Crippen LogP contribution in [0.4, 0.5) is 5.69 Å². The fourth-order valence-corrected chi connectivity index (χ4v) is 4.15. The molecule has 0 unspecified atom stereocenters. The Bertz CT molecular complexity index is 1070. The number of nitrogens with zero attached hydrogens (tertiary/aromatic N) is 3. The standard InChI is InChI=1S/C25H29N5O2S/c1-4-16-30-23(22(18(2)3)27-24(32)19-11-7-5-8-12-19)28-29-25(30)33-17-15-21(31)26-20-13-9-6-10-14-20/h4-14,18,22H,1,15-17H2,2-3H3,(H,26,31)(H,27,32)/t22-/m1/s1. The number of carbonyl (C=O) groups excluding carboxylic acids is 2. The fraction of sp³-hybridized carbons (Fsp3) is 0.280. The monoisotopic (exact) mass is 463 g/mol. The Morgan fingerprint density at radius 1 is 1.06 bits per heavy atom. The summed E-state index contributed by atoms with van der Waals surface area (Å²) < 4.78 is 1.95. The van der Waals surface area contributed by atoms with Gasteiger partial charge in [-0.25, -0.2) is 0 Å². The van der Waals surface area contributed by atoms with Crippen LogP contribution in [0.25, 0.3) is 0 Å². The Labute approximate surface area is 198 Å². The molecule has 1 heterocycles. The second kappa shape index (κ2) is 12.0. The number of nitrogens with one attached hydrogen (secondary N) is 2. The molecule has 0 bridgehead atoms. The van der Waals surface area contributed by atoms with Gasteiger partial charge in [0.2, 0.25) is 5.91 Å². The number of rotatable bonds is 11. The van der Waals surface area contributed by atoms with Crippen molar-refractivity contribution < 1.29 is 9.59 Å². The number of aromatic nitrogens is 3. The van der Waals surface area contributed by atoms with Crippen molar-refractivity contribution in [2.24, 2.45) is 5.92 Å². The molecular weight excluding hydrogens is 434 g/mol. The average Bonchev–Trinajstić information content (AvgIpc) is 3.20. The van der Waals surface area contributed by atoms with Gasteiger partial charge in [0.05, 0.1) is 6.04 Å². The molecule has 0 spiro atoms. The van der Waals surface area contributed by atoms with E-state index in [1.165, 1.54) is 11.8 Å². The highest BCUT2D eigenvalue weighted by Crippen LogP contribution is 2.26. The fourth-order valence-electron chi connectivity index (χ4n) is 3.26. The molecule has 0 saturated heterocycles. The smallest absolute Gasteiger partial charge is 0.251 e. The van der Waals surface area contributed by atoms with Crippen molar-refractivity contribution in [2.75, 3.05) is 11.1 Å². The lowest BCUT2D eigenvalue weighted by molar-refractivity contribution is -0.115. The lowest BCUT2D eigenvalue weighted by Crippen LogP contribution is -2.33. The number of hydrogen-bond donors (Lipinski definition) is 2. The zero-order chi connectivity index (χ0) is 23.6. The molecule has 3 rings (SSSR count). The van der Waals surface area contributed by atoms with E-state index < -0.39 is 0 Å². The first-order chi connectivity index (χ1) is 16.0. The summed E-state index contributed by atoms with van der Waals surface area (Å²) in [6.45, 7) is 8.42. The Kier molecular flexibility index (Phi) is 8.83. The van der Waals surface area contributed by atoms with Crippen molar-refractivity contribution in [1.29, 1.82) is 0 Å². The molecule has 2 aromatic carbocycles. The average molecular weight is 464 g/mol. The van der Waals surface area contributed by atoms with Crippen LogP contribution in [0.15, 0.2) is 78.5 Å². The van der Waals surface area contributed by atoms with Crippen LogP contribution in [-0.4, -0.2) is 32.3 Å². The van der Waals surface area contributed by atoms with Gasteiger partial charge in [0.15, 0.2) is 11.0 Å². The van der Waals surface area contributed by atoms with Gasteiger partial charge in [-0.15, -0.1) is 16.8 Å². The lowest BCUT2D eigenvalue weighted by Gasteiger charge is -2.22. The van der Waals surface area contributed by atoms with Gasteiger partial charge in [-0.05, 0) is 30.2 Å². The van der Waals surface area contributed by atoms with E-state index in [1.807, 2.05) is 66.9 Å². The number of allylic oxidation sites excluding steroid dienone is 1. The zero-order valence-corrected chi connectivity index (χ0v) is 19.7. The Balaban J connectivity index is 1.68. The van der Waals surface area contributed by atoms with Crippen LogP contribution in [0, 0.1) is 5.92 Å². The third-order valence-corrected chi connectivity index (χ3v) is 5.91. The van der Waals surface area contributed by atoms with Crippen LogP contribution in [0.2, 0.25) is 0 Å². The zero-order valence-electron chi connectivity index (χ0n) is 18.9. The van der Waals surface area contributed by atoms with Gasteiger partial charge >= 0.3 is 0 Å². The summed E-state index contributed by atoms with van der Waals surface area (Å²) in [6, 6.07) is 18.2. The summed E-state index contributed by atoms with van der Waals surface area (Å²) in [6.07, 6.45) is 2.11. The van der Waals surface area contributed by atoms with E-state index >= 15 is 0 Å². The summed E-state index contributed by atoms with van der Waals surface area (Å²) in [4.78, 5) is 25.0. The van der Waals surface area contributed by atoms with Gasteiger partial charge in [0.25, 0.3) is 5.91 Å². The molecule has 33 heavy (non-hydrogen) atoms. The minimum Gasteiger partial charge on any atom is -0.342 e. The van der Waals surface area contributed by atoms with Gasteiger partial charge in [-0.3, -0.25) is 9.59 Å². The summed E-state index contributed by atoms with van der Waals surface area (Å²) in [5.74, 6) is 1.11. The maximum absolute atomic E-state index is 12.8. The Morgan fingerprint density at radius 2 is 1.73 bits per heavy atom. The van der Waals surface area contributed by atoms with Crippen molar-refractivity contribution in [1.82, 2.24) is 20.1 Å². The molecule has 8 heteroatoms. The second-order valence-corrected chi connectivity index (χ2v) is 8.88. The van der Waals surface area contributed by atoms with Crippen LogP contribution in [0.1, 0.15) is 42.5 Å². The molecule has 7 nitrogen and oxygen atoms in total. The van der Waals surface area contributed by atoms with Gasteiger partial charge in [0, 0.05) is 30.0 Å². The molecule has 2 N–H and O–H groups in total. The van der Waals surface area contributed by atoms with Gasteiger partial charge in [-0.1, -0.05) is 68.1 Å². The van der Waals surface area contributed by atoms with E-state index in [9.17, 15) is 9.59 Å². The van der Waals surface area contributed by atoms with E-state index in [1.54, 1.807) is 18.2 Å². The molecule has 1 atom stereocenters. The summed E-state index contributed by atoms with van der Waals surface area (Å²) >= 11 is 1.46. The van der Waals surface area contributed by atoms with Crippen LogP contribution in [-0.2, 0) is 11.3 Å². The SMILES string of the molecule is C=CCn1c(SCCC(=O)Nc2ccccc2)nnc1[C@H](NC(=O)c1ccccc1)C(C)C. The molecule has 0 fully saturated rings. The summed E-state index contributed by atoms with van der Waals surface area (Å²) in [7, 11) is 0. The number of carbonyl (C=O) groups is 2. The maximum atomic E-state index is 12.8. The summed E-state index contributed by atoms with van der Waals surface area (Å²) in [5, 5.41) is 15.4. The summed E-state index contributed by atoms with van der Waals surface area (Å²) in [5.41, 5.74) is 1.37. The predicted octanol–water partition coefficient (Wildman–Crippen LogP) is 4.71. The minimum absolute atomic E-state index is 0.0566. The van der Waals surface area contributed by atoms with E-state index in [0.29, 0.717) is 35.3 Å². The van der Waals surface area contributed by atoms with E-state index in [4.69, 9.17) is 0 Å². The van der Waals surface area contributed by atoms with Gasteiger partial charge in [-0.2, -0.15) is 0 Å². The highest BCUT2D eigenvalue weighted by atomic mass is 32.2. The topological polar surface area (TPSA) is 88.9 Å². The van der Waals surface area contributed by atoms with E-state index in [-0.39, 0.29) is 23.8 Å². The van der Waals surface area contributed by atoms with Crippen molar-refractivity contribution >= 4 is 29.3 Å². The number of hydrogen-bond acceptors (Lipinski definition) is 5. The lowest BCUT2D eigenvalue weighted by atomic mass is 10.0. The van der Waals surface area contributed by atoms with Crippen LogP contribution in [0.5, 0.6) is 0 Å². The molecule has 0 aliphatic rings. The first kappa shape index (κ1) is 24.3. The van der Waals surface area contributed by atoms with Gasteiger partial charge in [0.1, 0.15) is 0 Å². The quantitative estimate of drug-likeness (QED) is 0.317. The van der Waals surface area contributed by atoms with Gasteiger partial charge < -0.3 is 15.2 Å². The van der Waals surface area contributed by atoms with Crippen molar-refractivity contribution in [3.63, 3.8) is 0 Å². The van der Waals surface area contributed by atoms with E-state index in [2.05, 4.69) is 27.4 Å². The molecule has 3 aromatic rings. The molecule has 0 aliphatic carbocycles. The minimum atomic E-state index is -0.319. The first-order valence-electron chi connectivity index (χ1n) is 10.9. The maximum Gasteiger partial charge on any atom is 0.251 e. The van der Waals surface area contributed by atoms with Crippen LogP contribution >= 0.6 is 11.8 Å². The molecule has 172 valence electrons. The number of para-hydroxylation sites is 1. The number of benzene rings is 2.